The van der Waals surface area contributed by atoms with E-state index in [9.17, 15) is 0 Å². The Balaban J connectivity index is 1.34. The Hall–Kier alpha value is -3.94. The van der Waals surface area contributed by atoms with Crippen LogP contribution in [0.15, 0.2) is 71.8 Å². The van der Waals surface area contributed by atoms with Crippen molar-refractivity contribution < 1.29 is 9.47 Å². The van der Waals surface area contributed by atoms with E-state index in [2.05, 4.69) is 25.5 Å². The predicted octanol–water partition coefficient (Wildman–Crippen LogP) is 6.33. The largest absolute Gasteiger partial charge is 0.454 e. The van der Waals surface area contributed by atoms with Crippen LogP contribution >= 0.6 is 23.2 Å². The molecule has 0 saturated heterocycles. The molecular weight excluding hydrogens is 473 g/mol. The maximum atomic E-state index is 6.39. The molecule has 1 N–H and O–H groups in total. The van der Waals surface area contributed by atoms with E-state index in [1.54, 1.807) is 12.3 Å². The highest BCUT2D eigenvalue weighted by Gasteiger charge is 2.16. The molecule has 6 rings (SSSR count). The number of anilines is 1. The van der Waals surface area contributed by atoms with Crippen LogP contribution in [0.4, 0.5) is 5.95 Å². The summed E-state index contributed by atoms with van der Waals surface area (Å²) in [4.78, 5) is 13.7. The summed E-state index contributed by atoms with van der Waals surface area (Å²) < 4.78 is 10.9. The van der Waals surface area contributed by atoms with Crippen LogP contribution in [0.5, 0.6) is 11.5 Å². The summed E-state index contributed by atoms with van der Waals surface area (Å²) >= 11 is 12.6. The first-order valence-corrected chi connectivity index (χ1v) is 11.1. The van der Waals surface area contributed by atoms with Crippen LogP contribution in [0.1, 0.15) is 5.56 Å². The summed E-state index contributed by atoms with van der Waals surface area (Å²) in [6.07, 6.45) is 1.58. The van der Waals surface area contributed by atoms with Crippen LogP contribution in [0.2, 0.25) is 10.2 Å². The van der Waals surface area contributed by atoms with Crippen LogP contribution in [0.3, 0.4) is 0 Å². The van der Waals surface area contributed by atoms with Gasteiger partial charge in [0.2, 0.25) is 12.7 Å². The molecule has 0 aliphatic carbocycles. The van der Waals surface area contributed by atoms with Gasteiger partial charge < -0.3 is 9.47 Å². The van der Waals surface area contributed by atoms with E-state index in [1.165, 1.54) is 0 Å². The number of hydrazone groups is 1. The zero-order valence-electron chi connectivity index (χ0n) is 17.5. The summed E-state index contributed by atoms with van der Waals surface area (Å²) in [6, 6.07) is 20.9. The monoisotopic (exact) mass is 487 g/mol. The molecule has 0 spiro atoms. The van der Waals surface area contributed by atoms with Crippen molar-refractivity contribution in [2.75, 3.05) is 12.2 Å². The van der Waals surface area contributed by atoms with Gasteiger partial charge in [0.25, 0.3) is 0 Å². The maximum Gasteiger partial charge on any atom is 0.244 e. The fourth-order valence-corrected chi connectivity index (χ4v) is 4.14. The number of ether oxygens (including phenoxy) is 2. The topological polar surface area (TPSA) is 81.5 Å². The van der Waals surface area contributed by atoms with Crippen molar-refractivity contribution in [1.82, 2.24) is 15.0 Å². The molecule has 2 aromatic heterocycles. The van der Waals surface area contributed by atoms with Crippen molar-refractivity contribution in [2.45, 2.75) is 0 Å². The number of nitrogens with zero attached hydrogens (tertiary/aromatic N) is 4. The molecule has 0 fully saturated rings. The Kier molecular flexibility index (Phi) is 5.13. The summed E-state index contributed by atoms with van der Waals surface area (Å²) in [5, 5.41) is 6.96. The average Bonchev–Trinajstić information content (AvgIpc) is 3.30. The van der Waals surface area contributed by atoms with E-state index in [-0.39, 0.29) is 6.79 Å². The molecule has 34 heavy (non-hydrogen) atoms. The molecule has 3 heterocycles. The first kappa shape index (κ1) is 20.7. The second kappa shape index (κ2) is 8.44. The number of benzene rings is 3. The van der Waals surface area contributed by atoms with Crippen molar-refractivity contribution in [3.05, 3.63) is 82.5 Å². The highest BCUT2D eigenvalue weighted by molar-refractivity contribution is 6.32. The molecule has 1 aliphatic heterocycles. The van der Waals surface area contributed by atoms with Gasteiger partial charge in [-0.05, 0) is 30.3 Å². The van der Waals surface area contributed by atoms with Crippen LogP contribution in [-0.2, 0) is 0 Å². The number of hydrogen-bond acceptors (Lipinski definition) is 7. The zero-order valence-corrected chi connectivity index (χ0v) is 19.0. The summed E-state index contributed by atoms with van der Waals surface area (Å²) in [7, 11) is 0. The number of hydrogen-bond donors (Lipinski definition) is 1. The van der Waals surface area contributed by atoms with E-state index < -0.39 is 0 Å². The van der Waals surface area contributed by atoms with Gasteiger partial charge in [-0.3, -0.25) is 0 Å². The molecular formula is C25H15Cl2N5O2. The summed E-state index contributed by atoms with van der Waals surface area (Å²) in [5.41, 5.74) is 6.71. The van der Waals surface area contributed by atoms with Gasteiger partial charge in [0.05, 0.1) is 22.9 Å². The molecule has 166 valence electrons. The van der Waals surface area contributed by atoms with Crippen molar-refractivity contribution in [2.24, 2.45) is 5.10 Å². The van der Waals surface area contributed by atoms with Crippen LogP contribution < -0.4 is 14.9 Å². The number of halogens is 2. The maximum absolute atomic E-state index is 6.39. The zero-order chi connectivity index (χ0) is 23.1. The van der Waals surface area contributed by atoms with Crippen molar-refractivity contribution in [3.8, 4) is 22.8 Å². The van der Waals surface area contributed by atoms with E-state index in [0.29, 0.717) is 38.7 Å². The minimum absolute atomic E-state index is 0.195. The third kappa shape index (κ3) is 3.85. The SMILES string of the molecule is Clc1ccc2nc(N/N=C\c3cc4cc5c(cc4nc3Cl)OCO5)nc(-c3ccccc3)c2c1. The fraction of sp³-hybridized carbons (Fsp3) is 0.0400. The molecule has 1 aliphatic rings. The average molecular weight is 488 g/mol. The van der Waals surface area contributed by atoms with Gasteiger partial charge in [-0.2, -0.15) is 5.10 Å². The van der Waals surface area contributed by atoms with Gasteiger partial charge in [0.15, 0.2) is 11.5 Å². The van der Waals surface area contributed by atoms with Crippen LogP contribution in [-0.4, -0.2) is 28.0 Å². The second-order valence-electron chi connectivity index (χ2n) is 7.56. The first-order chi connectivity index (χ1) is 16.6. The van der Waals surface area contributed by atoms with Crippen LogP contribution in [0, 0.1) is 0 Å². The lowest BCUT2D eigenvalue weighted by Gasteiger charge is -2.09. The van der Waals surface area contributed by atoms with Crippen molar-refractivity contribution >= 4 is 57.2 Å². The lowest BCUT2D eigenvalue weighted by atomic mass is 10.1. The molecule has 7 nitrogen and oxygen atoms in total. The molecule has 0 radical (unpaired) electrons. The molecule has 5 aromatic rings. The van der Waals surface area contributed by atoms with E-state index in [0.717, 1.165) is 27.5 Å². The molecule has 0 saturated carbocycles. The first-order valence-electron chi connectivity index (χ1n) is 10.4. The Labute approximate surface area is 204 Å². The quantitative estimate of drug-likeness (QED) is 0.181. The van der Waals surface area contributed by atoms with Crippen molar-refractivity contribution in [3.63, 3.8) is 0 Å². The second-order valence-corrected chi connectivity index (χ2v) is 8.35. The number of pyridine rings is 1. The highest BCUT2D eigenvalue weighted by atomic mass is 35.5. The van der Waals surface area contributed by atoms with Gasteiger partial charge in [-0.1, -0.05) is 53.5 Å². The Morgan fingerprint density at radius 3 is 2.53 bits per heavy atom. The molecule has 0 bridgehead atoms. The standard InChI is InChI=1S/C25H15Cl2N5O2/c26-17-6-7-19-18(10-17)23(14-4-2-1-3-5-14)31-25(30-19)32-28-12-16-8-15-9-21-22(34-13-33-21)11-20(15)29-24(16)27/h1-12H,13H2,(H,30,31,32)/b28-12-. The van der Waals surface area contributed by atoms with E-state index in [4.69, 9.17) is 32.7 Å². The normalized spacial score (nSPS) is 12.6. The van der Waals surface area contributed by atoms with Gasteiger partial charge in [-0.15, -0.1) is 0 Å². The lowest BCUT2D eigenvalue weighted by molar-refractivity contribution is 0.174. The number of nitrogens with one attached hydrogen (secondary N) is 1. The number of rotatable bonds is 4. The van der Waals surface area contributed by atoms with Gasteiger partial charge in [0.1, 0.15) is 5.15 Å². The highest BCUT2D eigenvalue weighted by Crippen LogP contribution is 2.36. The third-order valence-corrected chi connectivity index (χ3v) is 5.90. The van der Waals surface area contributed by atoms with E-state index in [1.807, 2.05) is 60.7 Å². The molecule has 9 heteroatoms. The number of fused-ring (bicyclic) bond motifs is 3. The molecule has 0 unspecified atom stereocenters. The molecule has 0 amide bonds. The van der Waals surface area contributed by atoms with E-state index >= 15 is 0 Å². The third-order valence-electron chi connectivity index (χ3n) is 5.36. The predicted molar refractivity (Wildman–Crippen MR) is 134 cm³/mol. The Morgan fingerprint density at radius 2 is 1.68 bits per heavy atom. The minimum Gasteiger partial charge on any atom is -0.454 e. The summed E-state index contributed by atoms with van der Waals surface area (Å²) in [5.74, 6) is 1.68. The lowest BCUT2D eigenvalue weighted by Crippen LogP contribution is -2.00. The van der Waals surface area contributed by atoms with Crippen LogP contribution in [0.25, 0.3) is 33.1 Å². The minimum atomic E-state index is 0.195. The molecule has 0 atom stereocenters. The Morgan fingerprint density at radius 1 is 0.853 bits per heavy atom. The molecule has 3 aromatic carbocycles. The fourth-order valence-electron chi connectivity index (χ4n) is 3.77. The summed E-state index contributed by atoms with van der Waals surface area (Å²) in [6.45, 7) is 0.195. The van der Waals surface area contributed by atoms with Gasteiger partial charge >= 0.3 is 0 Å². The van der Waals surface area contributed by atoms with Gasteiger partial charge in [-0.25, -0.2) is 20.4 Å². The Bertz CT molecular complexity index is 1590. The smallest absolute Gasteiger partial charge is 0.244 e. The van der Waals surface area contributed by atoms with Crippen molar-refractivity contribution in [1.29, 1.82) is 0 Å². The number of aromatic nitrogens is 3. The van der Waals surface area contributed by atoms with Gasteiger partial charge in [0, 0.05) is 33.0 Å².